The number of benzene rings is 2. The molecular weight excluding hydrogens is 366 g/mol. The number of carbonyl (C=O) groups excluding carboxylic acids is 1. The lowest BCUT2D eigenvalue weighted by Gasteiger charge is -2.16. The van der Waals surface area contributed by atoms with Gasteiger partial charge in [-0.05, 0) is 43.0 Å². The molecule has 1 atom stereocenters. The zero-order valence-corrected chi connectivity index (χ0v) is 17.1. The van der Waals surface area contributed by atoms with E-state index >= 15 is 0 Å². The molecule has 0 fully saturated rings. The maximum absolute atomic E-state index is 12.4. The average Bonchev–Trinajstić information content (AvgIpc) is 2.76. The van der Waals surface area contributed by atoms with Crippen LogP contribution in [-0.4, -0.2) is 26.7 Å². The highest BCUT2D eigenvalue weighted by Crippen LogP contribution is 2.29. The van der Waals surface area contributed by atoms with Crippen molar-refractivity contribution in [3.63, 3.8) is 0 Å². The molecule has 0 saturated heterocycles. The van der Waals surface area contributed by atoms with Gasteiger partial charge in [-0.15, -0.1) is 0 Å². The molecule has 6 nitrogen and oxygen atoms in total. The second-order valence-electron chi connectivity index (χ2n) is 6.52. The molecule has 29 heavy (non-hydrogen) atoms. The van der Waals surface area contributed by atoms with Crippen molar-refractivity contribution in [2.75, 3.05) is 20.8 Å². The van der Waals surface area contributed by atoms with E-state index in [1.807, 2.05) is 37.3 Å². The molecule has 0 aromatic heterocycles. The molecule has 2 rings (SSSR count). The molecule has 0 aliphatic heterocycles. The first-order valence-electron chi connectivity index (χ1n) is 9.49. The number of nitrogens with one attached hydrogen (secondary N) is 2. The first-order valence-corrected chi connectivity index (χ1v) is 9.49. The van der Waals surface area contributed by atoms with Crippen molar-refractivity contribution in [1.82, 2.24) is 10.6 Å². The van der Waals surface area contributed by atoms with Gasteiger partial charge in [-0.25, -0.2) is 0 Å². The lowest BCUT2D eigenvalue weighted by molar-refractivity contribution is -0.117. The van der Waals surface area contributed by atoms with Gasteiger partial charge in [0.05, 0.1) is 20.3 Å². The monoisotopic (exact) mass is 393 g/mol. The van der Waals surface area contributed by atoms with Crippen molar-refractivity contribution >= 4 is 5.91 Å². The molecule has 152 valence electrons. The number of carbonyl (C=O) groups is 1. The van der Waals surface area contributed by atoms with Crippen LogP contribution in [0.2, 0.25) is 0 Å². The Balaban J connectivity index is 1.88. The number of amides is 1. The molecule has 2 N–H and O–H groups in total. The summed E-state index contributed by atoms with van der Waals surface area (Å²) in [6.07, 6.45) is 3.32. The second kappa shape index (κ2) is 11.4. The first kappa shape index (κ1) is 21.8. The fourth-order valence-corrected chi connectivity index (χ4v) is 2.84. The van der Waals surface area contributed by atoms with E-state index in [0.717, 1.165) is 18.4 Å². The molecule has 0 spiro atoms. The summed E-state index contributed by atoms with van der Waals surface area (Å²) in [5.41, 5.74) is 2.15. The van der Waals surface area contributed by atoms with Crippen molar-refractivity contribution in [2.24, 2.45) is 0 Å². The molecule has 0 saturated carbocycles. The van der Waals surface area contributed by atoms with Gasteiger partial charge in [0.25, 0.3) is 5.91 Å². The van der Waals surface area contributed by atoms with Gasteiger partial charge in [0.15, 0.2) is 11.5 Å². The lowest BCUT2D eigenvalue weighted by Crippen LogP contribution is -2.28. The van der Waals surface area contributed by atoms with E-state index < -0.39 is 5.91 Å². The summed E-state index contributed by atoms with van der Waals surface area (Å²) in [6.45, 7) is 2.53. The van der Waals surface area contributed by atoms with Crippen molar-refractivity contribution < 1.29 is 14.3 Å². The van der Waals surface area contributed by atoms with Crippen LogP contribution in [0.4, 0.5) is 0 Å². The highest BCUT2D eigenvalue weighted by Gasteiger charge is 2.15. The highest BCUT2D eigenvalue weighted by atomic mass is 16.5. The van der Waals surface area contributed by atoms with Crippen molar-refractivity contribution in [1.29, 1.82) is 5.26 Å². The average molecular weight is 393 g/mol. The summed E-state index contributed by atoms with van der Waals surface area (Å²) in [7, 11) is 3.13. The number of hydrogen-bond acceptors (Lipinski definition) is 5. The van der Waals surface area contributed by atoms with E-state index in [2.05, 4.69) is 22.8 Å². The minimum Gasteiger partial charge on any atom is -0.493 e. The van der Waals surface area contributed by atoms with E-state index in [9.17, 15) is 10.1 Å². The number of methoxy groups -OCH3 is 2. The minimum absolute atomic E-state index is 0.0389. The van der Waals surface area contributed by atoms with Crippen molar-refractivity contribution in [3.8, 4) is 17.6 Å². The van der Waals surface area contributed by atoms with Crippen molar-refractivity contribution in [3.05, 3.63) is 71.4 Å². The third-order valence-corrected chi connectivity index (χ3v) is 4.50. The topological polar surface area (TPSA) is 83.4 Å². The number of nitrogens with zero attached hydrogens (tertiary/aromatic N) is 1. The Morgan fingerprint density at radius 3 is 2.52 bits per heavy atom. The lowest BCUT2D eigenvalue weighted by atomic mass is 10.1. The minimum atomic E-state index is -0.426. The third kappa shape index (κ3) is 6.58. The van der Waals surface area contributed by atoms with E-state index in [1.54, 1.807) is 26.4 Å². The van der Waals surface area contributed by atoms with Crippen molar-refractivity contribution in [2.45, 2.75) is 25.8 Å². The second-order valence-corrected chi connectivity index (χ2v) is 6.52. The van der Waals surface area contributed by atoms with Crippen LogP contribution in [0.5, 0.6) is 11.5 Å². The zero-order valence-electron chi connectivity index (χ0n) is 17.1. The highest BCUT2D eigenvalue weighted by molar-refractivity contribution is 5.97. The van der Waals surface area contributed by atoms with Crippen LogP contribution in [0, 0.1) is 11.3 Å². The van der Waals surface area contributed by atoms with Crippen LogP contribution in [0.25, 0.3) is 0 Å². The van der Waals surface area contributed by atoms with Gasteiger partial charge >= 0.3 is 0 Å². The Labute approximate surface area is 172 Å². The number of ether oxygens (including phenoxy) is 2. The van der Waals surface area contributed by atoms with Crippen LogP contribution in [-0.2, 0) is 11.2 Å². The number of rotatable bonds is 10. The number of hydrogen-bond donors (Lipinski definition) is 2. The molecule has 0 bridgehead atoms. The third-order valence-electron chi connectivity index (χ3n) is 4.50. The normalized spacial score (nSPS) is 11.9. The molecule has 0 heterocycles. The molecule has 0 radical (unpaired) electrons. The quantitative estimate of drug-likeness (QED) is 0.367. The van der Waals surface area contributed by atoms with E-state index in [1.165, 1.54) is 11.8 Å². The molecule has 2 aromatic carbocycles. The SMILES string of the molecule is COc1ccc(C(C)NC(=O)/C(C#N)=C\NCCCc2ccccc2)cc1OC. The fourth-order valence-electron chi connectivity index (χ4n) is 2.84. The van der Waals surface area contributed by atoms with Crippen LogP contribution in [0.1, 0.15) is 30.5 Å². The maximum Gasteiger partial charge on any atom is 0.263 e. The van der Waals surface area contributed by atoms with Crippen LogP contribution in [0.3, 0.4) is 0 Å². The van der Waals surface area contributed by atoms with E-state index in [4.69, 9.17) is 9.47 Å². The Bertz CT molecular complexity index is 873. The van der Waals surface area contributed by atoms with Gasteiger partial charge < -0.3 is 20.1 Å². The molecular formula is C23H27N3O3. The number of aryl methyl sites for hydroxylation is 1. The number of nitriles is 1. The Morgan fingerprint density at radius 1 is 1.14 bits per heavy atom. The molecule has 0 aliphatic carbocycles. The van der Waals surface area contributed by atoms with Crippen LogP contribution >= 0.6 is 0 Å². The summed E-state index contributed by atoms with van der Waals surface area (Å²) < 4.78 is 10.5. The summed E-state index contributed by atoms with van der Waals surface area (Å²) in [4.78, 5) is 12.4. The Kier molecular flexibility index (Phi) is 8.58. The largest absolute Gasteiger partial charge is 0.493 e. The summed E-state index contributed by atoms with van der Waals surface area (Å²) in [5, 5.41) is 15.2. The molecule has 0 aliphatic rings. The van der Waals surface area contributed by atoms with E-state index in [-0.39, 0.29) is 11.6 Å². The smallest absolute Gasteiger partial charge is 0.263 e. The zero-order chi connectivity index (χ0) is 21.1. The van der Waals surface area contributed by atoms with E-state index in [0.29, 0.717) is 18.0 Å². The van der Waals surface area contributed by atoms with Gasteiger partial charge in [0, 0.05) is 12.7 Å². The van der Waals surface area contributed by atoms with Gasteiger partial charge in [-0.2, -0.15) is 5.26 Å². The predicted molar refractivity (Wildman–Crippen MR) is 113 cm³/mol. The van der Waals surface area contributed by atoms with Gasteiger partial charge in [0.1, 0.15) is 11.6 Å². The Hall–Kier alpha value is -3.46. The maximum atomic E-state index is 12.4. The standard InChI is InChI=1S/C23H27N3O3/c1-17(19-11-12-21(28-2)22(14-19)29-3)26-23(27)20(15-24)16-25-13-7-10-18-8-5-4-6-9-18/h4-6,8-9,11-12,14,16-17,25H,7,10,13H2,1-3H3,(H,26,27)/b20-16-. The molecule has 1 unspecified atom stereocenters. The van der Waals surface area contributed by atoms with Crippen LogP contribution < -0.4 is 20.1 Å². The summed E-state index contributed by atoms with van der Waals surface area (Å²) in [6, 6.07) is 17.3. The molecule has 2 aromatic rings. The summed E-state index contributed by atoms with van der Waals surface area (Å²) in [5.74, 6) is 0.777. The summed E-state index contributed by atoms with van der Waals surface area (Å²) >= 11 is 0. The van der Waals surface area contributed by atoms with Gasteiger partial charge in [-0.1, -0.05) is 36.4 Å². The molecule has 6 heteroatoms. The molecule has 1 amide bonds. The predicted octanol–water partition coefficient (Wildman–Crippen LogP) is 3.51. The Morgan fingerprint density at radius 2 is 1.86 bits per heavy atom. The van der Waals surface area contributed by atoms with Gasteiger partial charge in [-0.3, -0.25) is 4.79 Å². The van der Waals surface area contributed by atoms with Gasteiger partial charge in [0.2, 0.25) is 0 Å². The first-order chi connectivity index (χ1) is 14.1. The fraction of sp³-hybridized carbons (Fsp3) is 0.304. The van der Waals surface area contributed by atoms with Crippen LogP contribution in [0.15, 0.2) is 60.3 Å².